The molecular weight excluding hydrogens is 284 g/mol. The molecule has 0 aliphatic heterocycles. The first-order valence-corrected chi connectivity index (χ1v) is 6.57. The number of rotatable bonds is 2. The number of halogens is 1. The third kappa shape index (κ3) is 3.55. The molecule has 6 heteroatoms. The lowest BCUT2D eigenvalue weighted by Gasteiger charge is -2.03. The molecule has 0 aliphatic carbocycles. The molecule has 0 saturated heterocycles. The molecule has 2 N–H and O–H groups in total. The Morgan fingerprint density at radius 3 is 3.00 bits per heavy atom. The Labute approximate surface area is 119 Å². The number of pyridine rings is 1. The highest BCUT2D eigenvalue weighted by atomic mass is 35.5. The summed E-state index contributed by atoms with van der Waals surface area (Å²) < 4.78 is 0. The molecule has 0 unspecified atom stereocenters. The lowest BCUT2D eigenvalue weighted by atomic mass is 10.3. The fourth-order valence-electron chi connectivity index (χ4n) is 1.33. The highest BCUT2D eigenvalue weighted by Gasteiger charge is 2.12. The average molecular weight is 293 g/mol. The van der Waals surface area contributed by atoms with Crippen LogP contribution < -0.4 is 5.32 Å². The van der Waals surface area contributed by atoms with E-state index in [1.807, 2.05) is 0 Å². The van der Waals surface area contributed by atoms with Crippen LogP contribution in [0.2, 0.25) is 5.02 Å². The summed E-state index contributed by atoms with van der Waals surface area (Å²) in [4.78, 5) is 16.5. The lowest BCUT2D eigenvalue weighted by molar-refractivity contribution is 0.103. The summed E-state index contributed by atoms with van der Waals surface area (Å²) in [6, 6.07) is 6.73. The average Bonchev–Trinajstić information content (AvgIpc) is 2.83. The number of aromatic nitrogens is 1. The van der Waals surface area contributed by atoms with E-state index in [0.29, 0.717) is 21.4 Å². The van der Waals surface area contributed by atoms with Gasteiger partial charge in [-0.15, -0.1) is 11.3 Å². The van der Waals surface area contributed by atoms with E-state index >= 15 is 0 Å². The molecule has 2 rings (SSSR count). The van der Waals surface area contributed by atoms with E-state index in [1.165, 1.54) is 11.3 Å². The van der Waals surface area contributed by atoms with Gasteiger partial charge in [0.2, 0.25) is 0 Å². The van der Waals surface area contributed by atoms with Gasteiger partial charge in [-0.05, 0) is 29.5 Å². The van der Waals surface area contributed by atoms with Crippen LogP contribution in [0.5, 0.6) is 0 Å². The fraction of sp³-hybridized carbons (Fsp3) is 0.0769. The van der Waals surface area contributed by atoms with Gasteiger partial charge in [-0.2, -0.15) is 0 Å². The zero-order valence-corrected chi connectivity index (χ0v) is 11.3. The van der Waals surface area contributed by atoms with Gasteiger partial charge < -0.3 is 10.4 Å². The summed E-state index contributed by atoms with van der Waals surface area (Å²) in [6.07, 6.45) is 0. The van der Waals surface area contributed by atoms with Crippen LogP contribution in [0, 0.1) is 11.8 Å². The van der Waals surface area contributed by atoms with Crippen LogP contribution in [-0.4, -0.2) is 22.6 Å². The van der Waals surface area contributed by atoms with Gasteiger partial charge in [-0.25, -0.2) is 4.98 Å². The SMILES string of the molecule is O=C(Nc1cccc(C#CCO)n1)c1sccc1Cl. The second-order valence-electron chi connectivity index (χ2n) is 3.42. The molecule has 0 aromatic carbocycles. The van der Waals surface area contributed by atoms with Crippen molar-refractivity contribution in [2.75, 3.05) is 11.9 Å². The summed E-state index contributed by atoms with van der Waals surface area (Å²) >= 11 is 7.14. The minimum Gasteiger partial charge on any atom is -0.384 e. The first-order chi connectivity index (χ1) is 9.20. The van der Waals surface area contributed by atoms with Crippen LogP contribution in [0.25, 0.3) is 0 Å². The van der Waals surface area contributed by atoms with Crippen molar-refractivity contribution in [2.45, 2.75) is 0 Å². The second kappa shape index (κ2) is 6.34. The third-order valence-corrected chi connectivity index (χ3v) is 3.45. The molecule has 4 nitrogen and oxygen atoms in total. The van der Waals surface area contributed by atoms with Crippen molar-refractivity contribution in [3.05, 3.63) is 45.2 Å². The molecule has 1 amide bonds. The minimum absolute atomic E-state index is 0.233. The summed E-state index contributed by atoms with van der Waals surface area (Å²) in [5, 5.41) is 13.4. The third-order valence-electron chi connectivity index (χ3n) is 2.11. The summed E-state index contributed by atoms with van der Waals surface area (Å²) in [5.41, 5.74) is 0.476. The van der Waals surface area contributed by atoms with Gasteiger partial charge in [-0.3, -0.25) is 4.79 Å². The number of nitrogens with zero attached hydrogens (tertiary/aromatic N) is 1. The van der Waals surface area contributed by atoms with E-state index in [4.69, 9.17) is 16.7 Å². The summed E-state index contributed by atoms with van der Waals surface area (Å²) in [6.45, 7) is -0.233. The Morgan fingerprint density at radius 2 is 2.32 bits per heavy atom. The van der Waals surface area contributed by atoms with E-state index in [2.05, 4.69) is 22.1 Å². The minimum atomic E-state index is -0.306. The first-order valence-electron chi connectivity index (χ1n) is 5.32. The molecule has 2 aromatic heterocycles. The Balaban J connectivity index is 2.15. The predicted octanol–water partition coefficient (Wildman–Crippen LogP) is 2.39. The van der Waals surface area contributed by atoms with Crippen molar-refractivity contribution in [2.24, 2.45) is 0 Å². The van der Waals surface area contributed by atoms with E-state index in [9.17, 15) is 4.79 Å². The van der Waals surface area contributed by atoms with E-state index in [-0.39, 0.29) is 12.5 Å². The predicted molar refractivity (Wildman–Crippen MR) is 75.5 cm³/mol. The molecule has 0 aliphatic rings. The van der Waals surface area contributed by atoms with Crippen LogP contribution in [-0.2, 0) is 0 Å². The van der Waals surface area contributed by atoms with Crippen LogP contribution in [0.3, 0.4) is 0 Å². The number of nitrogens with one attached hydrogen (secondary N) is 1. The van der Waals surface area contributed by atoms with Crippen molar-refractivity contribution in [1.82, 2.24) is 4.98 Å². The van der Waals surface area contributed by atoms with Crippen molar-refractivity contribution in [3.8, 4) is 11.8 Å². The Hall–Kier alpha value is -1.87. The number of anilines is 1. The Morgan fingerprint density at radius 1 is 1.47 bits per heavy atom. The maximum absolute atomic E-state index is 11.9. The second-order valence-corrected chi connectivity index (χ2v) is 4.74. The quantitative estimate of drug-likeness (QED) is 0.836. The molecular formula is C13H9ClN2O2S. The van der Waals surface area contributed by atoms with Crippen molar-refractivity contribution in [1.29, 1.82) is 0 Å². The van der Waals surface area contributed by atoms with Gasteiger partial charge in [0, 0.05) is 0 Å². The maximum Gasteiger partial charge on any atom is 0.268 e. The number of hydrogen-bond acceptors (Lipinski definition) is 4. The van der Waals surface area contributed by atoms with Gasteiger partial charge >= 0.3 is 0 Å². The van der Waals surface area contributed by atoms with Crippen LogP contribution >= 0.6 is 22.9 Å². The van der Waals surface area contributed by atoms with Gasteiger partial charge in [0.1, 0.15) is 23.0 Å². The van der Waals surface area contributed by atoms with Crippen LogP contribution in [0.4, 0.5) is 5.82 Å². The summed E-state index contributed by atoms with van der Waals surface area (Å²) in [7, 11) is 0. The fourth-order valence-corrected chi connectivity index (χ4v) is 2.37. The summed E-state index contributed by atoms with van der Waals surface area (Å²) in [5.74, 6) is 5.24. The zero-order valence-electron chi connectivity index (χ0n) is 9.68. The van der Waals surface area contributed by atoms with Crippen LogP contribution in [0.1, 0.15) is 15.4 Å². The molecule has 0 spiro atoms. The molecule has 0 fully saturated rings. The molecule has 0 atom stereocenters. The number of hydrogen-bond donors (Lipinski definition) is 2. The van der Waals surface area contributed by atoms with Crippen LogP contribution in [0.15, 0.2) is 29.6 Å². The van der Waals surface area contributed by atoms with Crippen molar-refractivity contribution in [3.63, 3.8) is 0 Å². The van der Waals surface area contributed by atoms with Crippen molar-refractivity contribution < 1.29 is 9.90 Å². The molecule has 19 heavy (non-hydrogen) atoms. The molecule has 0 bridgehead atoms. The first kappa shape index (κ1) is 13.6. The molecule has 96 valence electrons. The number of aliphatic hydroxyl groups is 1. The number of amides is 1. The van der Waals surface area contributed by atoms with E-state index in [1.54, 1.807) is 29.6 Å². The van der Waals surface area contributed by atoms with Gasteiger partial charge in [0.05, 0.1) is 5.02 Å². The number of carbonyl (C=O) groups is 1. The lowest BCUT2D eigenvalue weighted by Crippen LogP contribution is -2.12. The highest BCUT2D eigenvalue weighted by molar-refractivity contribution is 7.12. The monoisotopic (exact) mass is 292 g/mol. The van der Waals surface area contributed by atoms with Gasteiger partial charge in [-0.1, -0.05) is 23.6 Å². The normalized spacial score (nSPS) is 9.58. The molecule has 0 saturated carbocycles. The highest BCUT2D eigenvalue weighted by Crippen LogP contribution is 2.22. The number of aliphatic hydroxyl groups excluding tert-OH is 1. The largest absolute Gasteiger partial charge is 0.384 e. The Kier molecular flexibility index (Phi) is 4.53. The molecule has 2 heterocycles. The zero-order chi connectivity index (χ0) is 13.7. The molecule has 2 aromatic rings. The van der Waals surface area contributed by atoms with E-state index < -0.39 is 0 Å². The van der Waals surface area contributed by atoms with E-state index in [0.717, 1.165) is 0 Å². The van der Waals surface area contributed by atoms with Gasteiger partial charge in [0.25, 0.3) is 5.91 Å². The van der Waals surface area contributed by atoms with Crippen molar-refractivity contribution >= 4 is 34.7 Å². The standard InChI is InChI=1S/C13H9ClN2O2S/c14-10-6-8-19-12(10)13(18)16-11-5-1-3-9(15-11)4-2-7-17/h1,3,5-6,8,17H,7H2,(H,15,16,18). The number of thiophene rings is 1. The van der Waals surface area contributed by atoms with Gasteiger partial charge in [0.15, 0.2) is 0 Å². The topological polar surface area (TPSA) is 62.2 Å². The maximum atomic E-state index is 11.9. The number of carbonyl (C=O) groups excluding carboxylic acids is 1. The molecule has 0 radical (unpaired) electrons. The Bertz CT molecular complexity index is 658. The smallest absolute Gasteiger partial charge is 0.268 e.